The lowest BCUT2D eigenvalue weighted by molar-refractivity contribution is 0.630. The Hall–Kier alpha value is -3.67. The van der Waals surface area contributed by atoms with E-state index >= 15 is 0 Å². The van der Waals surface area contributed by atoms with E-state index in [1.807, 2.05) is 79.3 Å². The molecule has 4 rings (SSSR count). The van der Waals surface area contributed by atoms with Crippen molar-refractivity contribution in [2.45, 2.75) is 6.92 Å². The lowest BCUT2D eigenvalue weighted by atomic mass is 10.2. The third-order valence-corrected chi connectivity index (χ3v) is 4.61. The molecule has 27 heavy (non-hydrogen) atoms. The summed E-state index contributed by atoms with van der Waals surface area (Å²) in [7, 11) is 1.86. The summed E-state index contributed by atoms with van der Waals surface area (Å²) in [5.74, 6) is 0. The Kier molecular flexibility index (Phi) is 4.30. The second-order valence-corrected chi connectivity index (χ2v) is 6.23. The molecule has 6 nitrogen and oxygen atoms in total. The Labute approximate surface area is 156 Å². The highest BCUT2D eigenvalue weighted by atomic mass is 16.1. The van der Waals surface area contributed by atoms with Gasteiger partial charge in [-0.05, 0) is 31.2 Å². The number of hydrogen-bond donors (Lipinski definition) is 1. The van der Waals surface area contributed by atoms with Crippen molar-refractivity contribution >= 4 is 22.8 Å². The van der Waals surface area contributed by atoms with Crippen LogP contribution in [0.2, 0.25) is 0 Å². The smallest absolute Gasteiger partial charge is 0.280 e. The van der Waals surface area contributed by atoms with Crippen molar-refractivity contribution in [2.75, 3.05) is 5.43 Å². The first kappa shape index (κ1) is 16.8. The summed E-state index contributed by atoms with van der Waals surface area (Å²) in [6, 6.07) is 19.3. The predicted molar refractivity (Wildman–Crippen MR) is 109 cm³/mol. The number of hydrazone groups is 1. The Balaban J connectivity index is 1.68. The van der Waals surface area contributed by atoms with Gasteiger partial charge in [0.2, 0.25) is 0 Å². The number of anilines is 1. The molecular weight excluding hydrogens is 338 g/mol. The van der Waals surface area contributed by atoms with Gasteiger partial charge in [0.05, 0.1) is 28.7 Å². The van der Waals surface area contributed by atoms with E-state index in [2.05, 4.69) is 15.5 Å². The maximum Gasteiger partial charge on any atom is 0.280 e. The highest BCUT2D eigenvalue weighted by molar-refractivity contribution is 5.90. The number of benzene rings is 2. The average Bonchev–Trinajstić information content (AvgIpc) is 2.92. The number of nitrogens with one attached hydrogen (secondary N) is 1. The number of fused-ring (bicyclic) bond motifs is 1. The minimum absolute atomic E-state index is 0.109. The topological polar surface area (TPSA) is 64.2 Å². The van der Waals surface area contributed by atoms with Crippen molar-refractivity contribution in [3.63, 3.8) is 0 Å². The van der Waals surface area contributed by atoms with Gasteiger partial charge in [0.1, 0.15) is 0 Å². The third kappa shape index (κ3) is 3.01. The van der Waals surface area contributed by atoms with Crippen LogP contribution in [0.4, 0.5) is 5.69 Å². The third-order valence-electron chi connectivity index (χ3n) is 4.61. The van der Waals surface area contributed by atoms with Crippen LogP contribution in [0.3, 0.4) is 0 Å². The van der Waals surface area contributed by atoms with E-state index in [0.29, 0.717) is 5.56 Å². The number of rotatable bonds is 4. The fourth-order valence-corrected chi connectivity index (χ4v) is 3.10. The largest absolute Gasteiger partial charge is 0.285 e. The summed E-state index contributed by atoms with van der Waals surface area (Å²) in [5.41, 5.74) is 6.73. The van der Waals surface area contributed by atoms with Gasteiger partial charge >= 0.3 is 0 Å². The maximum atomic E-state index is 12.9. The molecule has 2 aromatic carbocycles. The Morgan fingerprint density at radius 2 is 1.81 bits per heavy atom. The summed E-state index contributed by atoms with van der Waals surface area (Å²) in [4.78, 5) is 17.3. The molecule has 0 atom stereocenters. The molecule has 134 valence electrons. The molecule has 0 amide bonds. The first-order valence-corrected chi connectivity index (χ1v) is 8.63. The molecule has 0 aliphatic heterocycles. The van der Waals surface area contributed by atoms with E-state index in [1.54, 1.807) is 17.1 Å². The fourth-order valence-electron chi connectivity index (χ4n) is 3.10. The Bertz CT molecular complexity index is 1180. The highest BCUT2D eigenvalue weighted by Gasteiger charge is 2.14. The van der Waals surface area contributed by atoms with Crippen LogP contribution < -0.4 is 11.0 Å². The molecule has 0 saturated heterocycles. The van der Waals surface area contributed by atoms with Crippen molar-refractivity contribution in [1.82, 2.24) is 14.3 Å². The normalized spacial score (nSPS) is 11.3. The van der Waals surface area contributed by atoms with Crippen LogP contribution in [-0.2, 0) is 7.05 Å². The fraction of sp³-hybridized carbons (Fsp3) is 0.0952. The van der Waals surface area contributed by atoms with E-state index in [4.69, 9.17) is 0 Å². The van der Waals surface area contributed by atoms with Crippen LogP contribution >= 0.6 is 0 Å². The van der Waals surface area contributed by atoms with Crippen LogP contribution in [0.5, 0.6) is 0 Å². The molecule has 0 spiro atoms. The first-order chi connectivity index (χ1) is 13.2. The molecule has 0 saturated carbocycles. The van der Waals surface area contributed by atoms with Gasteiger partial charge in [-0.1, -0.05) is 36.4 Å². The molecule has 2 heterocycles. The summed E-state index contributed by atoms with van der Waals surface area (Å²) < 4.78 is 3.47. The lowest BCUT2D eigenvalue weighted by Crippen LogP contribution is -2.20. The maximum absolute atomic E-state index is 12.9. The number of aromatic nitrogens is 3. The van der Waals surface area contributed by atoms with Crippen LogP contribution in [0.15, 0.2) is 76.8 Å². The van der Waals surface area contributed by atoms with Crippen LogP contribution in [0.25, 0.3) is 16.6 Å². The van der Waals surface area contributed by atoms with Gasteiger partial charge < -0.3 is 0 Å². The van der Waals surface area contributed by atoms with E-state index in [-0.39, 0.29) is 5.56 Å². The number of nitrogens with zero attached hydrogens (tertiary/aromatic N) is 4. The van der Waals surface area contributed by atoms with Crippen LogP contribution in [0, 0.1) is 6.92 Å². The zero-order chi connectivity index (χ0) is 18.8. The molecule has 2 aromatic heterocycles. The Morgan fingerprint density at radius 1 is 1.04 bits per heavy atom. The Morgan fingerprint density at radius 3 is 2.63 bits per heavy atom. The zero-order valence-corrected chi connectivity index (χ0v) is 15.1. The number of hydrogen-bond acceptors (Lipinski definition) is 4. The van der Waals surface area contributed by atoms with Gasteiger partial charge in [0.15, 0.2) is 0 Å². The highest BCUT2D eigenvalue weighted by Crippen LogP contribution is 2.20. The van der Waals surface area contributed by atoms with Crippen LogP contribution in [0.1, 0.15) is 11.3 Å². The van der Waals surface area contributed by atoms with Gasteiger partial charge in [-0.25, -0.2) is 4.68 Å². The van der Waals surface area contributed by atoms with Gasteiger partial charge in [0.25, 0.3) is 5.56 Å². The van der Waals surface area contributed by atoms with Crippen molar-refractivity contribution in [2.24, 2.45) is 12.1 Å². The first-order valence-electron chi connectivity index (χ1n) is 8.63. The van der Waals surface area contributed by atoms with Crippen molar-refractivity contribution in [3.05, 3.63) is 88.5 Å². The molecular formula is C21H19N5O. The molecule has 4 aromatic rings. The molecule has 0 aliphatic rings. The second-order valence-electron chi connectivity index (χ2n) is 6.23. The summed E-state index contributed by atoms with van der Waals surface area (Å²) >= 11 is 0. The number of pyridine rings is 1. The molecule has 0 unspecified atom stereocenters. The molecule has 0 fully saturated rings. The zero-order valence-electron chi connectivity index (χ0n) is 15.1. The standard InChI is InChI=1S/C21H19N5O/c1-15-18(21(27)26(25(15)2)17-10-4-3-5-11-17)14-23-24-19-12-6-8-16-9-7-13-22-20(16)19/h3-14,24H,1-2H3. The lowest BCUT2D eigenvalue weighted by Gasteiger charge is -2.07. The predicted octanol–water partition coefficient (Wildman–Crippen LogP) is 3.48. The van der Waals surface area contributed by atoms with Crippen LogP contribution in [-0.4, -0.2) is 20.6 Å². The van der Waals surface area contributed by atoms with Crippen molar-refractivity contribution < 1.29 is 0 Å². The van der Waals surface area contributed by atoms with Gasteiger partial charge in [-0.3, -0.25) is 19.9 Å². The summed E-state index contributed by atoms with van der Waals surface area (Å²) in [5, 5.41) is 5.32. The molecule has 0 aliphatic carbocycles. The molecule has 1 N–H and O–H groups in total. The quantitative estimate of drug-likeness (QED) is 0.449. The summed E-state index contributed by atoms with van der Waals surface area (Å²) in [6.07, 6.45) is 3.32. The second kappa shape index (κ2) is 6.92. The SMILES string of the molecule is Cc1c(C=NNc2cccc3cccnc23)c(=O)n(-c2ccccc2)n1C. The minimum atomic E-state index is -0.109. The minimum Gasteiger partial charge on any atom is -0.285 e. The van der Waals surface area contributed by atoms with E-state index in [0.717, 1.165) is 28.0 Å². The van der Waals surface area contributed by atoms with Gasteiger partial charge in [0, 0.05) is 24.3 Å². The molecule has 0 radical (unpaired) electrons. The monoisotopic (exact) mass is 357 g/mol. The average molecular weight is 357 g/mol. The van der Waals surface area contributed by atoms with Crippen molar-refractivity contribution in [1.29, 1.82) is 0 Å². The van der Waals surface area contributed by atoms with E-state index in [9.17, 15) is 4.79 Å². The van der Waals surface area contributed by atoms with Crippen molar-refractivity contribution in [3.8, 4) is 5.69 Å². The molecule has 0 bridgehead atoms. The van der Waals surface area contributed by atoms with Gasteiger partial charge in [-0.15, -0.1) is 0 Å². The number of para-hydroxylation sites is 2. The van der Waals surface area contributed by atoms with E-state index in [1.165, 1.54) is 0 Å². The van der Waals surface area contributed by atoms with E-state index < -0.39 is 0 Å². The van der Waals surface area contributed by atoms with Gasteiger partial charge in [-0.2, -0.15) is 5.10 Å². The molecule has 6 heteroatoms. The summed E-state index contributed by atoms with van der Waals surface area (Å²) in [6.45, 7) is 1.90.